The maximum absolute atomic E-state index is 12.8. The Balaban J connectivity index is 1.34. The Morgan fingerprint density at radius 1 is 1.26 bits per heavy atom. The van der Waals surface area contributed by atoms with Gasteiger partial charge in [0.1, 0.15) is 39.1 Å². The third kappa shape index (κ3) is 6.44. The molecule has 3 N–H and O–H groups in total. The summed E-state index contributed by atoms with van der Waals surface area (Å²) in [4.78, 5) is 50.3. The molecule has 0 aromatic carbocycles. The molecule has 0 aliphatic carbocycles. The van der Waals surface area contributed by atoms with Gasteiger partial charge in [0.25, 0.3) is 5.91 Å². The zero-order valence-electron chi connectivity index (χ0n) is 20.8. The van der Waals surface area contributed by atoms with Gasteiger partial charge in [0, 0.05) is 11.5 Å². The van der Waals surface area contributed by atoms with Gasteiger partial charge < -0.3 is 20.5 Å². The van der Waals surface area contributed by atoms with Gasteiger partial charge in [-0.05, 0) is 33.3 Å². The van der Waals surface area contributed by atoms with Crippen LogP contribution in [0.25, 0.3) is 0 Å². The largest absolute Gasteiger partial charge is 0.477 e. The molecule has 4 heterocycles. The van der Waals surface area contributed by atoms with Crippen molar-refractivity contribution in [3.05, 3.63) is 27.7 Å². The van der Waals surface area contributed by atoms with E-state index in [0.717, 1.165) is 0 Å². The Labute approximate surface area is 229 Å². The van der Waals surface area contributed by atoms with E-state index >= 15 is 0 Å². The molecule has 2 atom stereocenters. The molecule has 0 radical (unpaired) electrons. The molecule has 0 spiro atoms. The molecule has 2 aliphatic rings. The van der Waals surface area contributed by atoms with Crippen molar-refractivity contribution in [2.75, 3.05) is 11.5 Å². The quantitative estimate of drug-likeness (QED) is 0.283. The predicted octanol–water partition coefficient (Wildman–Crippen LogP) is 1.33. The molecule has 1 saturated heterocycles. The molecule has 38 heavy (non-hydrogen) atoms. The highest BCUT2D eigenvalue weighted by molar-refractivity contribution is 8.01. The van der Waals surface area contributed by atoms with Gasteiger partial charge in [0.2, 0.25) is 5.91 Å². The number of rotatable bonds is 9. The van der Waals surface area contributed by atoms with E-state index in [1.807, 2.05) is 0 Å². The lowest BCUT2D eigenvalue weighted by Crippen LogP contribution is -2.70. The number of hydrogen-bond donors (Lipinski definition) is 3. The van der Waals surface area contributed by atoms with Crippen molar-refractivity contribution in [2.45, 2.75) is 62.0 Å². The molecule has 2 aromatic rings. The number of nitrogens with zero attached hydrogens (tertiary/aromatic N) is 5. The van der Waals surface area contributed by atoms with E-state index < -0.39 is 40.9 Å². The summed E-state index contributed by atoms with van der Waals surface area (Å²) in [5.41, 5.74) is 0.721. The van der Waals surface area contributed by atoms with Crippen LogP contribution >= 0.6 is 34.9 Å². The number of aromatic nitrogens is 4. The lowest BCUT2D eigenvalue weighted by atomic mass is 10.0. The van der Waals surface area contributed by atoms with Crippen LogP contribution < -0.4 is 10.6 Å². The Bertz CT molecular complexity index is 1290. The van der Waals surface area contributed by atoms with Crippen molar-refractivity contribution >= 4 is 58.7 Å². The minimum Gasteiger partial charge on any atom is -0.477 e. The van der Waals surface area contributed by atoms with E-state index in [1.54, 1.807) is 27.7 Å². The molecule has 0 saturated carbocycles. The number of hydrogen-bond acceptors (Lipinski definition) is 13. The van der Waals surface area contributed by atoms with E-state index in [-0.39, 0.29) is 24.4 Å². The monoisotopic (exact) mass is 583 g/mol. The topological polar surface area (TPSA) is 190 Å². The van der Waals surface area contributed by atoms with E-state index in [0.29, 0.717) is 32.1 Å². The molecule has 2 aromatic heterocycles. The number of carboxylic acids is 1. The van der Waals surface area contributed by atoms with Crippen molar-refractivity contribution in [3.63, 3.8) is 0 Å². The van der Waals surface area contributed by atoms with Crippen molar-refractivity contribution in [1.29, 1.82) is 0 Å². The smallest absolute Gasteiger partial charge is 0.408 e. The van der Waals surface area contributed by atoms with Gasteiger partial charge in [-0.3, -0.25) is 14.5 Å². The van der Waals surface area contributed by atoms with Crippen molar-refractivity contribution < 1.29 is 33.7 Å². The summed E-state index contributed by atoms with van der Waals surface area (Å²) in [6, 6.07) is -0.834. The van der Waals surface area contributed by atoms with Crippen molar-refractivity contribution in [3.8, 4) is 0 Å². The number of fused-ring (bicyclic) bond motifs is 1. The maximum atomic E-state index is 12.8. The SMILES string of the molecule is Cc1nonc1CC(=O)NC1C(=O)N2C(C(=O)O)=C(CSc3nnc(CNC(=O)OC(C)(C)C)s3)CS[C@@H]12. The number of carbonyl (C=O) groups excluding carboxylic acids is 3. The van der Waals surface area contributed by atoms with E-state index in [1.165, 1.54) is 39.8 Å². The van der Waals surface area contributed by atoms with Crippen LogP contribution in [0.15, 0.2) is 20.2 Å². The van der Waals surface area contributed by atoms with Crippen LogP contribution in [0.2, 0.25) is 0 Å². The molecular formula is C21H25N7O7S3. The van der Waals surface area contributed by atoms with Gasteiger partial charge in [-0.1, -0.05) is 33.4 Å². The molecule has 1 fully saturated rings. The predicted molar refractivity (Wildman–Crippen MR) is 136 cm³/mol. The Hall–Kier alpha value is -3.18. The first-order chi connectivity index (χ1) is 17.9. The fourth-order valence-corrected chi connectivity index (χ4v) is 6.88. The highest BCUT2D eigenvalue weighted by Crippen LogP contribution is 2.41. The summed E-state index contributed by atoms with van der Waals surface area (Å²) in [6.07, 6.45) is -0.664. The maximum Gasteiger partial charge on any atom is 0.408 e. The number of aliphatic carboxylic acids is 1. The fraction of sp³-hybridized carbons (Fsp3) is 0.524. The fourth-order valence-electron chi connectivity index (χ4n) is 3.56. The average Bonchev–Trinajstić information content (AvgIpc) is 3.46. The van der Waals surface area contributed by atoms with Crippen LogP contribution in [0.3, 0.4) is 0 Å². The standard InChI is InChI=1S/C21H25N7O7S3/c1-9-11(27-35-26-9)5-12(29)23-14-16(30)28-15(18(31)32)10(7-36-17(14)28)8-37-20-25-24-13(38-20)6-22-19(33)34-21(2,3)4/h14,17H,5-8H2,1-4H3,(H,22,33)(H,23,29)(H,31,32)/t14?,17-/m0/s1. The van der Waals surface area contributed by atoms with Gasteiger partial charge in [-0.25, -0.2) is 14.2 Å². The van der Waals surface area contributed by atoms with Gasteiger partial charge in [-0.15, -0.1) is 22.0 Å². The zero-order chi connectivity index (χ0) is 27.6. The van der Waals surface area contributed by atoms with Gasteiger partial charge in [0.15, 0.2) is 4.34 Å². The Morgan fingerprint density at radius 3 is 2.68 bits per heavy atom. The molecule has 3 amide bonds. The Morgan fingerprint density at radius 2 is 2.03 bits per heavy atom. The number of carbonyl (C=O) groups is 4. The number of thioether (sulfide) groups is 2. The lowest BCUT2D eigenvalue weighted by molar-refractivity contribution is -0.150. The molecule has 2 aliphatic heterocycles. The molecular weight excluding hydrogens is 558 g/mol. The molecule has 204 valence electrons. The number of carboxylic acid groups (broad SMARTS) is 1. The van der Waals surface area contributed by atoms with Crippen LogP contribution in [-0.4, -0.2) is 82.9 Å². The van der Waals surface area contributed by atoms with E-state index in [4.69, 9.17) is 4.74 Å². The first-order valence-corrected chi connectivity index (χ1v) is 14.2. The second-order valence-electron chi connectivity index (χ2n) is 9.29. The van der Waals surface area contributed by atoms with Crippen LogP contribution in [0.1, 0.15) is 37.2 Å². The first kappa shape index (κ1) is 27.8. The second-order valence-corrected chi connectivity index (χ2v) is 12.7. The summed E-state index contributed by atoms with van der Waals surface area (Å²) < 4.78 is 10.4. The number of amides is 3. The molecule has 14 nitrogen and oxygen atoms in total. The summed E-state index contributed by atoms with van der Waals surface area (Å²) in [7, 11) is 0. The van der Waals surface area contributed by atoms with Crippen molar-refractivity contribution in [1.82, 2.24) is 36.0 Å². The number of β-lactam (4-membered cyclic amide) rings is 1. The molecule has 0 bridgehead atoms. The average molecular weight is 584 g/mol. The number of ether oxygens (including phenoxy) is 1. The minimum atomic E-state index is -1.21. The van der Waals surface area contributed by atoms with Crippen LogP contribution in [0.4, 0.5) is 4.79 Å². The van der Waals surface area contributed by atoms with Crippen LogP contribution in [0, 0.1) is 6.92 Å². The minimum absolute atomic E-state index is 0.0791. The van der Waals surface area contributed by atoms with Crippen molar-refractivity contribution in [2.24, 2.45) is 0 Å². The second kappa shape index (κ2) is 11.3. The van der Waals surface area contributed by atoms with Crippen LogP contribution in [0.5, 0.6) is 0 Å². The number of alkyl carbamates (subject to hydrolysis) is 1. The van der Waals surface area contributed by atoms with E-state index in [9.17, 15) is 24.3 Å². The summed E-state index contributed by atoms with van der Waals surface area (Å²) in [5, 5.41) is 30.6. The third-order valence-corrected chi connectivity index (χ3v) is 8.72. The summed E-state index contributed by atoms with van der Waals surface area (Å²) in [6.45, 7) is 7.10. The zero-order valence-corrected chi connectivity index (χ0v) is 23.3. The summed E-state index contributed by atoms with van der Waals surface area (Å²) >= 11 is 3.94. The van der Waals surface area contributed by atoms with Crippen LogP contribution in [-0.2, 0) is 32.1 Å². The molecule has 1 unspecified atom stereocenters. The first-order valence-electron chi connectivity index (χ1n) is 11.3. The molecule has 17 heteroatoms. The van der Waals surface area contributed by atoms with Gasteiger partial charge in [-0.2, -0.15) is 0 Å². The van der Waals surface area contributed by atoms with Gasteiger partial charge >= 0.3 is 12.1 Å². The third-order valence-electron chi connectivity index (χ3n) is 5.24. The normalized spacial score (nSPS) is 19.1. The number of nitrogens with one attached hydrogen (secondary N) is 2. The highest BCUT2D eigenvalue weighted by atomic mass is 32.2. The Kier molecular flexibility index (Phi) is 8.27. The van der Waals surface area contributed by atoms with E-state index in [2.05, 4.69) is 35.8 Å². The lowest BCUT2D eigenvalue weighted by Gasteiger charge is -2.49. The number of aryl methyl sites for hydroxylation is 1. The summed E-state index contributed by atoms with van der Waals surface area (Å²) in [5.74, 6) is -1.48. The molecule has 4 rings (SSSR count). The highest BCUT2D eigenvalue weighted by Gasteiger charge is 2.54. The van der Waals surface area contributed by atoms with Gasteiger partial charge in [0.05, 0.1) is 13.0 Å².